The van der Waals surface area contributed by atoms with E-state index in [0.29, 0.717) is 6.54 Å². The van der Waals surface area contributed by atoms with Crippen LogP contribution in [0.15, 0.2) is 45.6 Å². The molecule has 0 unspecified atom stereocenters. The minimum atomic E-state index is -0.406. The number of ether oxygens (including phenoxy) is 1. The van der Waals surface area contributed by atoms with Crippen LogP contribution >= 0.6 is 27.3 Å². The van der Waals surface area contributed by atoms with Crippen LogP contribution in [0.4, 0.5) is 4.79 Å². The third kappa shape index (κ3) is 3.85. The zero-order valence-electron chi connectivity index (χ0n) is 9.56. The van der Waals surface area contributed by atoms with Gasteiger partial charge in [0.1, 0.15) is 6.61 Å². The van der Waals surface area contributed by atoms with Gasteiger partial charge >= 0.3 is 6.09 Å². The molecule has 1 N–H and O–H groups in total. The van der Waals surface area contributed by atoms with E-state index in [1.165, 1.54) is 0 Å². The lowest BCUT2D eigenvalue weighted by molar-refractivity contribution is 0.139. The highest BCUT2D eigenvalue weighted by Gasteiger charge is 2.05. The lowest BCUT2D eigenvalue weighted by Gasteiger charge is -2.06. The maximum absolute atomic E-state index is 11.5. The molecule has 0 radical (unpaired) electrons. The van der Waals surface area contributed by atoms with Gasteiger partial charge in [-0.1, -0.05) is 30.3 Å². The zero-order chi connectivity index (χ0) is 12.8. The largest absolute Gasteiger partial charge is 0.445 e. The van der Waals surface area contributed by atoms with Gasteiger partial charge in [-0.3, -0.25) is 0 Å². The Labute approximate surface area is 118 Å². The van der Waals surface area contributed by atoms with Gasteiger partial charge in [-0.2, -0.15) is 0 Å². The number of halogens is 1. The summed E-state index contributed by atoms with van der Waals surface area (Å²) in [5, 5.41) is 4.68. The molecule has 1 aromatic heterocycles. The first-order valence-corrected chi connectivity index (χ1v) is 7.09. The summed E-state index contributed by atoms with van der Waals surface area (Å²) in [4.78, 5) is 11.5. The molecule has 0 bridgehead atoms. The molecular formula is C13H12BrNO2S. The quantitative estimate of drug-likeness (QED) is 0.924. The lowest BCUT2D eigenvalue weighted by Crippen LogP contribution is -2.23. The molecule has 5 heteroatoms. The SMILES string of the molecule is O=C(NCc1ccsc1Br)OCc1ccccc1. The average molecular weight is 326 g/mol. The predicted octanol–water partition coefficient (Wildman–Crippen LogP) is 3.94. The van der Waals surface area contributed by atoms with Crippen molar-refractivity contribution in [2.24, 2.45) is 0 Å². The normalized spacial score (nSPS) is 10.1. The van der Waals surface area contributed by atoms with Crippen molar-refractivity contribution in [3.63, 3.8) is 0 Å². The van der Waals surface area contributed by atoms with Crippen molar-refractivity contribution in [3.8, 4) is 0 Å². The number of rotatable bonds is 4. The third-order valence-corrected chi connectivity index (χ3v) is 4.14. The van der Waals surface area contributed by atoms with Crippen molar-refractivity contribution >= 4 is 33.4 Å². The molecule has 0 spiro atoms. The van der Waals surface area contributed by atoms with Gasteiger partial charge in [0.05, 0.1) is 3.79 Å². The van der Waals surface area contributed by atoms with Gasteiger partial charge < -0.3 is 10.1 Å². The molecule has 2 aromatic rings. The van der Waals surface area contributed by atoms with Crippen LogP contribution in [0.1, 0.15) is 11.1 Å². The molecule has 1 amide bonds. The van der Waals surface area contributed by atoms with Gasteiger partial charge in [0, 0.05) is 6.54 Å². The Hall–Kier alpha value is -1.33. The van der Waals surface area contributed by atoms with Crippen LogP contribution in [-0.4, -0.2) is 6.09 Å². The van der Waals surface area contributed by atoms with E-state index in [9.17, 15) is 4.79 Å². The first kappa shape index (κ1) is 13.1. The van der Waals surface area contributed by atoms with Gasteiger partial charge in [-0.25, -0.2) is 4.79 Å². The Morgan fingerprint density at radius 3 is 2.72 bits per heavy atom. The number of carbonyl (C=O) groups is 1. The van der Waals surface area contributed by atoms with E-state index >= 15 is 0 Å². The topological polar surface area (TPSA) is 38.3 Å². The average Bonchev–Trinajstić information content (AvgIpc) is 2.81. The van der Waals surface area contributed by atoms with E-state index < -0.39 is 6.09 Å². The molecule has 94 valence electrons. The maximum Gasteiger partial charge on any atom is 0.407 e. The first-order chi connectivity index (χ1) is 8.75. The van der Waals surface area contributed by atoms with Crippen molar-refractivity contribution in [3.05, 3.63) is 56.7 Å². The van der Waals surface area contributed by atoms with Crippen LogP contribution < -0.4 is 5.32 Å². The Morgan fingerprint density at radius 1 is 1.28 bits per heavy atom. The second-order valence-corrected chi connectivity index (χ2v) is 5.87. The van der Waals surface area contributed by atoms with Gasteiger partial charge in [0.15, 0.2) is 0 Å². The molecule has 0 aliphatic heterocycles. The van der Waals surface area contributed by atoms with Crippen molar-refractivity contribution in [2.45, 2.75) is 13.2 Å². The Balaban J connectivity index is 1.75. The van der Waals surface area contributed by atoms with Crippen LogP contribution in [0, 0.1) is 0 Å². The summed E-state index contributed by atoms with van der Waals surface area (Å²) in [6.45, 7) is 0.759. The molecule has 1 aromatic carbocycles. The maximum atomic E-state index is 11.5. The van der Waals surface area contributed by atoms with E-state index in [1.54, 1.807) is 11.3 Å². The highest BCUT2D eigenvalue weighted by atomic mass is 79.9. The van der Waals surface area contributed by atoms with Gasteiger partial charge in [0.25, 0.3) is 0 Å². The fourth-order valence-corrected chi connectivity index (χ4v) is 2.63. The van der Waals surface area contributed by atoms with Crippen LogP contribution in [0.25, 0.3) is 0 Å². The van der Waals surface area contributed by atoms with Crippen LogP contribution in [0.3, 0.4) is 0 Å². The number of nitrogens with one attached hydrogen (secondary N) is 1. The van der Waals surface area contributed by atoms with Crippen LogP contribution in [-0.2, 0) is 17.9 Å². The fraction of sp³-hybridized carbons (Fsp3) is 0.154. The molecular weight excluding hydrogens is 314 g/mol. The number of carbonyl (C=O) groups excluding carboxylic acids is 1. The van der Waals surface area contributed by atoms with E-state index in [4.69, 9.17) is 4.74 Å². The van der Waals surface area contributed by atoms with E-state index in [-0.39, 0.29) is 6.61 Å². The Bertz CT molecular complexity index is 513. The molecule has 1 heterocycles. The summed E-state index contributed by atoms with van der Waals surface area (Å²) in [6.07, 6.45) is -0.406. The monoisotopic (exact) mass is 325 g/mol. The summed E-state index contributed by atoms with van der Waals surface area (Å²) in [7, 11) is 0. The summed E-state index contributed by atoms with van der Waals surface area (Å²) < 4.78 is 6.14. The smallest absolute Gasteiger partial charge is 0.407 e. The third-order valence-electron chi connectivity index (χ3n) is 2.33. The number of alkyl carbamates (subject to hydrolysis) is 1. The van der Waals surface area contributed by atoms with E-state index in [0.717, 1.165) is 14.9 Å². The second kappa shape index (κ2) is 6.56. The summed E-state index contributed by atoms with van der Waals surface area (Å²) in [6, 6.07) is 11.6. The van der Waals surface area contributed by atoms with Gasteiger partial charge in [0.2, 0.25) is 0 Å². The van der Waals surface area contributed by atoms with E-state index in [2.05, 4.69) is 21.2 Å². The molecule has 2 rings (SSSR count). The minimum absolute atomic E-state index is 0.289. The minimum Gasteiger partial charge on any atom is -0.445 e. The Morgan fingerprint density at radius 2 is 2.06 bits per heavy atom. The first-order valence-electron chi connectivity index (χ1n) is 5.42. The van der Waals surface area contributed by atoms with Crippen molar-refractivity contribution < 1.29 is 9.53 Å². The molecule has 0 atom stereocenters. The summed E-state index contributed by atoms with van der Waals surface area (Å²) in [5.41, 5.74) is 2.03. The summed E-state index contributed by atoms with van der Waals surface area (Å²) in [5.74, 6) is 0. The van der Waals surface area contributed by atoms with Crippen molar-refractivity contribution in [1.82, 2.24) is 5.32 Å². The van der Waals surface area contributed by atoms with Gasteiger partial charge in [-0.15, -0.1) is 11.3 Å². The number of hydrogen-bond acceptors (Lipinski definition) is 3. The summed E-state index contributed by atoms with van der Waals surface area (Å²) >= 11 is 5.01. The highest BCUT2D eigenvalue weighted by molar-refractivity contribution is 9.11. The van der Waals surface area contributed by atoms with Crippen molar-refractivity contribution in [1.29, 1.82) is 0 Å². The molecule has 0 saturated carbocycles. The highest BCUT2D eigenvalue weighted by Crippen LogP contribution is 2.22. The molecule has 0 fully saturated rings. The molecule has 0 aliphatic rings. The van der Waals surface area contributed by atoms with E-state index in [1.807, 2.05) is 41.8 Å². The molecule has 18 heavy (non-hydrogen) atoms. The standard InChI is InChI=1S/C13H12BrNO2S/c14-12-11(6-7-18-12)8-15-13(16)17-9-10-4-2-1-3-5-10/h1-7H,8-9H2,(H,15,16). The predicted molar refractivity (Wildman–Crippen MR) is 75.5 cm³/mol. The molecule has 3 nitrogen and oxygen atoms in total. The number of hydrogen-bond donors (Lipinski definition) is 1. The zero-order valence-corrected chi connectivity index (χ0v) is 12.0. The molecule has 0 saturated heterocycles. The lowest BCUT2D eigenvalue weighted by atomic mass is 10.2. The number of amides is 1. The number of thiophene rings is 1. The van der Waals surface area contributed by atoms with Crippen LogP contribution in [0.5, 0.6) is 0 Å². The van der Waals surface area contributed by atoms with Crippen molar-refractivity contribution in [2.75, 3.05) is 0 Å². The fourth-order valence-electron chi connectivity index (χ4n) is 1.39. The number of benzene rings is 1. The molecule has 0 aliphatic carbocycles. The second-order valence-electron chi connectivity index (χ2n) is 3.63. The van der Waals surface area contributed by atoms with Crippen LogP contribution in [0.2, 0.25) is 0 Å². The van der Waals surface area contributed by atoms with Gasteiger partial charge in [-0.05, 0) is 38.5 Å². The Kier molecular flexibility index (Phi) is 4.78.